The van der Waals surface area contributed by atoms with E-state index in [1.54, 1.807) is 0 Å². The minimum atomic E-state index is -1.61. The molecule has 0 saturated heterocycles. The van der Waals surface area contributed by atoms with Crippen LogP contribution in [0.5, 0.6) is 0 Å². The van der Waals surface area contributed by atoms with Crippen molar-refractivity contribution in [2.24, 2.45) is 0 Å². The number of hydrogen-bond acceptors (Lipinski definition) is 7. The van der Waals surface area contributed by atoms with E-state index >= 15 is 8.42 Å². The first-order valence-electron chi connectivity index (χ1n) is 26.4. The van der Waals surface area contributed by atoms with Gasteiger partial charge in [0.1, 0.15) is 0 Å². The third-order valence-electron chi connectivity index (χ3n) is 15.8. The summed E-state index contributed by atoms with van der Waals surface area (Å²) in [6.07, 6.45) is 0. The van der Waals surface area contributed by atoms with Crippen LogP contribution >= 0.6 is 0 Å². The Morgan fingerprint density at radius 2 is 0.595 bits per heavy atom. The molecular formula is C69H42BN5O2S2. The number of fused-ring (bicyclic) bond motifs is 8. The molecule has 0 N–H and O–H groups in total. The topological polar surface area (TPSA) is 79.3 Å². The summed E-state index contributed by atoms with van der Waals surface area (Å²) in [5.74, 6) is 1.60. The average Bonchev–Trinajstić information content (AvgIpc) is 3.70. The molecule has 0 saturated carbocycles. The standard InChI is InChI=1S/C69H42BN5O2S2/c76-78-60-39-49(43-19-7-1-8-20-43)31-33-56(60)74-58-37-53(69-72-67(47-27-15-5-16-28-47)71-68(73-69)48-29-17-6-18-30-48)38-59-64(58)70(54-35-51(41-62(78)65(54)74)45-23-11-3-12-24-45)55-36-52(46-25-13-4-14-26-46)42-63-66(55)75(59)57-34-32-50(40-61(57)79(63)77)44-21-9-2-10-22-44/h1-42H. The first-order chi connectivity index (χ1) is 39.0. The fourth-order valence-electron chi connectivity index (χ4n) is 12.2. The van der Waals surface area contributed by atoms with Crippen LogP contribution in [-0.4, -0.2) is 30.1 Å². The maximum absolute atomic E-state index is 15.9. The van der Waals surface area contributed by atoms with Gasteiger partial charge in [-0.1, -0.05) is 206 Å². The normalized spacial score (nSPS) is 14.9. The van der Waals surface area contributed by atoms with Crippen molar-refractivity contribution in [1.82, 2.24) is 15.0 Å². The highest BCUT2D eigenvalue weighted by Gasteiger charge is 2.50. The largest absolute Gasteiger partial charge is 0.309 e. The SMILES string of the molecule is O=S1c2cc(-c3ccccc3)ccc2N2c3cc(-c4nc(-c5ccccc5)nc(-c5ccccc5)n4)cc4c3B(c3cc(-c5ccccc5)cc1c32)c1cc(-c2ccccc2)cc2c1N4c1ccc(-c3ccccc3)cc1S2=O. The van der Waals surface area contributed by atoms with Crippen LogP contribution in [0.4, 0.5) is 34.1 Å². The van der Waals surface area contributed by atoms with Crippen molar-refractivity contribution in [3.8, 4) is 78.7 Å². The van der Waals surface area contributed by atoms with E-state index in [4.69, 9.17) is 15.0 Å². The molecule has 10 heteroatoms. The second kappa shape index (κ2) is 18.0. The molecule has 0 radical (unpaired) electrons. The molecule has 0 aliphatic carbocycles. The minimum absolute atomic E-state index is 0.399. The summed E-state index contributed by atoms with van der Waals surface area (Å²) in [5.41, 5.74) is 18.9. The highest BCUT2D eigenvalue weighted by atomic mass is 32.2. The summed E-state index contributed by atoms with van der Waals surface area (Å²) in [6.45, 7) is -0.399. The summed E-state index contributed by atoms with van der Waals surface area (Å²) in [4.78, 5) is 23.4. The van der Waals surface area contributed by atoms with Crippen LogP contribution in [0.3, 0.4) is 0 Å². The molecule has 7 nitrogen and oxygen atoms in total. The predicted octanol–water partition coefficient (Wildman–Crippen LogP) is 14.6. The number of anilines is 6. The molecule has 1 aromatic heterocycles. The van der Waals surface area contributed by atoms with Crippen molar-refractivity contribution in [2.75, 3.05) is 9.80 Å². The van der Waals surface area contributed by atoms with Gasteiger partial charge in [-0.15, -0.1) is 0 Å². The lowest BCUT2D eigenvalue weighted by atomic mass is 9.33. The van der Waals surface area contributed by atoms with Crippen molar-refractivity contribution >= 4 is 78.8 Å². The number of aromatic nitrogens is 3. The Hall–Kier alpha value is -9.61. The molecule has 0 fully saturated rings. The molecule has 4 aliphatic heterocycles. The van der Waals surface area contributed by atoms with Gasteiger partial charge in [0.2, 0.25) is 0 Å². The van der Waals surface area contributed by atoms with E-state index in [-0.39, 0.29) is 0 Å². The van der Waals surface area contributed by atoms with Crippen LogP contribution in [0.1, 0.15) is 0 Å². The molecule has 2 atom stereocenters. The number of rotatable bonds is 7. The van der Waals surface area contributed by atoms with E-state index in [1.807, 2.05) is 109 Å². The Morgan fingerprint density at radius 3 is 0.962 bits per heavy atom. The van der Waals surface area contributed by atoms with Gasteiger partial charge in [-0.25, -0.2) is 23.4 Å². The summed E-state index contributed by atoms with van der Waals surface area (Å²) in [5, 5.41) is 0. The third kappa shape index (κ3) is 7.22. The second-order valence-electron chi connectivity index (χ2n) is 20.3. The molecule has 4 aliphatic rings. The van der Waals surface area contributed by atoms with E-state index in [0.29, 0.717) is 17.5 Å². The first kappa shape index (κ1) is 45.6. The molecule has 11 aromatic carbocycles. The van der Waals surface area contributed by atoms with Gasteiger partial charge in [0.25, 0.3) is 6.71 Å². The lowest BCUT2D eigenvalue weighted by Gasteiger charge is -2.48. The number of benzene rings is 11. The molecular weight excluding hydrogens is 1010 g/mol. The van der Waals surface area contributed by atoms with Crippen molar-refractivity contribution < 1.29 is 8.42 Å². The summed E-state index contributed by atoms with van der Waals surface area (Å²) >= 11 is 0. The van der Waals surface area contributed by atoms with E-state index < -0.39 is 28.3 Å². The van der Waals surface area contributed by atoms with Crippen LogP contribution in [0.15, 0.2) is 274 Å². The van der Waals surface area contributed by atoms with Gasteiger partial charge in [0.05, 0.1) is 63.9 Å². The van der Waals surface area contributed by atoms with Crippen molar-refractivity contribution in [2.45, 2.75) is 19.6 Å². The van der Waals surface area contributed by atoms with E-state index in [2.05, 4.69) is 155 Å². The zero-order chi connectivity index (χ0) is 52.3. The van der Waals surface area contributed by atoms with Crippen LogP contribution in [0.25, 0.3) is 78.7 Å². The molecule has 0 spiro atoms. The van der Waals surface area contributed by atoms with Crippen LogP contribution in [-0.2, 0) is 21.6 Å². The molecule has 5 heterocycles. The van der Waals surface area contributed by atoms with Crippen molar-refractivity contribution in [3.63, 3.8) is 0 Å². The highest BCUT2D eigenvalue weighted by molar-refractivity contribution is 7.86. The van der Waals surface area contributed by atoms with Gasteiger partial charge < -0.3 is 9.80 Å². The maximum Gasteiger partial charge on any atom is 0.252 e. The highest BCUT2D eigenvalue weighted by Crippen LogP contribution is 2.55. The fourth-order valence-corrected chi connectivity index (χ4v) is 15.1. The zero-order valence-corrected chi connectivity index (χ0v) is 43.8. The minimum Gasteiger partial charge on any atom is -0.309 e. The zero-order valence-electron chi connectivity index (χ0n) is 42.2. The van der Waals surface area contributed by atoms with Gasteiger partial charge >= 0.3 is 0 Å². The van der Waals surface area contributed by atoms with E-state index in [1.165, 1.54) is 0 Å². The number of hydrogen-bond donors (Lipinski definition) is 0. The van der Waals surface area contributed by atoms with Crippen LogP contribution in [0, 0.1) is 0 Å². The molecule has 0 bridgehead atoms. The predicted molar refractivity (Wildman–Crippen MR) is 321 cm³/mol. The maximum atomic E-state index is 15.9. The molecule has 0 amide bonds. The van der Waals surface area contributed by atoms with Crippen molar-refractivity contribution in [1.29, 1.82) is 0 Å². The lowest BCUT2D eigenvalue weighted by Crippen LogP contribution is -2.62. The molecule has 12 aromatic rings. The second-order valence-corrected chi connectivity index (χ2v) is 23.1. The van der Waals surface area contributed by atoms with E-state index in [9.17, 15) is 0 Å². The monoisotopic (exact) mass is 1050 g/mol. The van der Waals surface area contributed by atoms with Gasteiger partial charge in [0, 0.05) is 28.1 Å². The van der Waals surface area contributed by atoms with Gasteiger partial charge in [-0.2, -0.15) is 0 Å². The van der Waals surface area contributed by atoms with Gasteiger partial charge in [0.15, 0.2) is 17.5 Å². The van der Waals surface area contributed by atoms with Gasteiger partial charge in [-0.05, 0) is 109 Å². The fraction of sp³-hybridized carbons (Fsp3) is 0. The molecule has 79 heavy (non-hydrogen) atoms. The van der Waals surface area contributed by atoms with Gasteiger partial charge in [-0.3, -0.25) is 0 Å². The Kier molecular flexibility index (Phi) is 10.4. The quantitative estimate of drug-likeness (QED) is 0.147. The first-order valence-corrected chi connectivity index (χ1v) is 28.7. The Bertz CT molecular complexity index is 4250. The Morgan fingerprint density at radius 1 is 0.278 bits per heavy atom. The Labute approximate surface area is 462 Å². The Balaban J connectivity index is 1.04. The summed E-state index contributed by atoms with van der Waals surface area (Å²) in [6, 6.07) is 87.7. The molecule has 2 unspecified atom stereocenters. The lowest BCUT2D eigenvalue weighted by molar-refractivity contribution is 0.681. The third-order valence-corrected chi connectivity index (χ3v) is 18.6. The summed E-state index contributed by atoms with van der Waals surface area (Å²) < 4.78 is 31.8. The van der Waals surface area contributed by atoms with Crippen LogP contribution in [0.2, 0.25) is 0 Å². The van der Waals surface area contributed by atoms with Crippen LogP contribution < -0.4 is 26.2 Å². The smallest absolute Gasteiger partial charge is 0.252 e. The average molecular weight is 1050 g/mol. The molecule has 370 valence electrons. The van der Waals surface area contributed by atoms with E-state index in [0.717, 1.165) is 131 Å². The van der Waals surface area contributed by atoms with Crippen molar-refractivity contribution in [3.05, 3.63) is 255 Å². The summed E-state index contributed by atoms with van der Waals surface area (Å²) in [7, 11) is -3.22. The molecule has 16 rings (SSSR count). The number of nitrogens with zero attached hydrogens (tertiary/aromatic N) is 5.